The average Bonchev–Trinajstić information content (AvgIpc) is 3.18. The van der Waals surface area contributed by atoms with E-state index in [2.05, 4.69) is 50.8 Å². The van der Waals surface area contributed by atoms with E-state index in [-0.39, 0.29) is 29.8 Å². The van der Waals surface area contributed by atoms with Crippen LogP contribution in [0, 0.1) is 11.8 Å². The molecule has 4 atom stereocenters. The van der Waals surface area contributed by atoms with Gasteiger partial charge in [0.05, 0.1) is 6.04 Å². The van der Waals surface area contributed by atoms with Crippen molar-refractivity contribution in [1.29, 1.82) is 0 Å². The molecule has 1 aromatic carbocycles. The summed E-state index contributed by atoms with van der Waals surface area (Å²) in [6.07, 6.45) is 3.27. The number of likely N-dealkylation sites (N-methyl/N-ethyl adjacent to an activating group) is 1. The lowest BCUT2D eigenvalue weighted by atomic mass is 9.91. The van der Waals surface area contributed by atoms with Crippen LogP contribution in [0.1, 0.15) is 39.2 Å². The Labute approximate surface area is 181 Å². The zero-order valence-electron chi connectivity index (χ0n) is 18.9. The fourth-order valence-corrected chi connectivity index (χ4v) is 4.72. The van der Waals surface area contributed by atoms with Crippen molar-refractivity contribution < 1.29 is 9.59 Å². The van der Waals surface area contributed by atoms with Crippen LogP contribution in [0.4, 0.5) is 0 Å². The van der Waals surface area contributed by atoms with Crippen molar-refractivity contribution in [2.75, 3.05) is 33.2 Å². The minimum Gasteiger partial charge on any atom is -0.343 e. The highest BCUT2D eigenvalue weighted by molar-refractivity contribution is 5.90. The number of carbonyl (C=O) groups excluding carboxylic acids is 2. The summed E-state index contributed by atoms with van der Waals surface area (Å²) in [5, 5.41) is 5.94. The van der Waals surface area contributed by atoms with E-state index >= 15 is 0 Å². The molecule has 2 fully saturated rings. The molecule has 2 aliphatic rings. The number of piperidine rings is 1. The molecule has 6 nitrogen and oxygen atoms in total. The highest BCUT2D eigenvalue weighted by Gasteiger charge is 2.43. The van der Waals surface area contributed by atoms with Gasteiger partial charge in [-0.25, -0.2) is 0 Å². The van der Waals surface area contributed by atoms with Gasteiger partial charge < -0.3 is 20.4 Å². The van der Waals surface area contributed by atoms with Gasteiger partial charge in [-0.3, -0.25) is 9.59 Å². The lowest BCUT2D eigenvalue weighted by molar-refractivity contribution is -0.139. The van der Waals surface area contributed by atoms with Gasteiger partial charge in [-0.05, 0) is 57.2 Å². The number of amides is 2. The van der Waals surface area contributed by atoms with Crippen molar-refractivity contribution in [2.45, 2.75) is 58.2 Å². The van der Waals surface area contributed by atoms with Crippen molar-refractivity contribution in [3.8, 4) is 0 Å². The molecule has 0 bridgehead atoms. The molecular weight excluding hydrogens is 376 g/mol. The Morgan fingerprint density at radius 1 is 1.10 bits per heavy atom. The summed E-state index contributed by atoms with van der Waals surface area (Å²) in [5.74, 6) is 0.608. The summed E-state index contributed by atoms with van der Waals surface area (Å²) < 4.78 is 0. The number of hydrogen-bond donors (Lipinski definition) is 2. The van der Waals surface area contributed by atoms with E-state index in [0.29, 0.717) is 5.92 Å². The highest BCUT2D eigenvalue weighted by Crippen LogP contribution is 2.32. The van der Waals surface area contributed by atoms with Crippen LogP contribution in [-0.2, 0) is 16.0 Å². The maximum Gasteiger partial charge on any atom is 0.245 e. The van der Waals surface area contributed by atoms with E-state index in [1.54, 1.807) is 7.05 Å². The third-order valence-electron chi connectivity index (χ3n) is 6.85. The fraction of sp³-hybridized carbons (Fsp3) is 0.667. The Hall–Kier alpha value is -1.92. The molecule has 0 radical (unpaired) electrons. The van der Waals surface area contributed by atoms with Gasteiger partial charge in [0.1, 0.15) is 6.04 Å². The lowest BCUT2D eigenvalue weighted by Gasteiger charge is -2.40. The standard InChI is InChI=1S/C24H38N4O2/c1-17(2)22(26-23(29)18(3)25-4)24(30)28-15-12-20-11-14-27(16-21(20)28)13-10-19-8-6-5-7-9-19/h5-9,17-18,20-22,25H,10-16H2,1-4H3,(H,26,29)/t18-,20?,21?,22-/m0/s1. The minimum absolute atomic E-state index is 0.0577. The van der Waals surface area contributed by atoms with Crippen LogP contribution in [0.25, 0.3) is 0 Å². The number of rotatable bonds is 8. The molecule has 2 aliphatic heterocycles. The van der Waals surface area contributed by atoms with Crippen LogP contribution >= 0.6 is 0 Å². The maximum atomic E-state index is 13.4. The predicted molar refractivity (Wildman–Crippen MR) is 120 cm³/mol. The van der Waals surface area contributed by atoms with Gasteiger partial charge in [-0.2, -0.15) is 0 Å². The maximum absolute atomic E-state index is 13.4. The van der Waals surface area contributed by atoms with Crippen LogP contribution in [0.2, 0.25) is 0 Å². The molecule has 0 aliphatic carbocycles. The predicted octanol–water partition coefficient (Wildman–Crippen LogP) is 1.90. The van der Waals surface area contributed by atoms with Gasteiger partial charge in [0.15, 0.2) is 0 Å². The fourth-order valence-electron chi connectivity index (χ4n) is 4.72. The van der Waals surface area contributed by atoms with Crippen molar-refractivity contribution >= 4 is 11.8 Å². The number of carbonyl (C=O) groups is 2. The lowest BCUT2D eigenvalue weighted by Crippen LogP contribution is -2.58. The van der Waals surface area contributed by atoms with Crippen LogP contribution in [0.3, 0.4) is 0 Å². The Bertz CT molecular complexity index is 708. The number of benzene rings is 1. The molecule has 6 heteroatoms. The van der Waals surface area contributed by atoms with E-state index in [1.807, 2.05) is 20.8 Å². The van der Waals surface area contributed by atoms with Gasteiger partial charge in [-0.1, -0.05) is 44.2 Å². The first kappa shape index (κ1) is 22.8. The second-order valence-corrected chi connectivity index (χ2v) is 9.21. The number of likely N-dealkylation sites (tertiary alicyclic amines) is 2. The zero-order valence-corrected chi connectivity index (χ0v) is 18.9. The number of fused-ring (bicyclic) bond motifs is 1. The van der Waals surface area contributed by atoms with Crippen molar-refractivity contribution in [2.24, 2.45) is 11.8 Å². The number of hydrogen-bond acceptors (Lipinski definition) is 4. The minimum atomic E-state index is -0.466. The second-order valence-electron chi connectivity index (χ2n) is 9.21. The molecule has 1 aromatic rings. The van der Waals surface area contributed by atoms with E-state index in [4.69, 9.17) is 0 Å². The molecule has 3 rings (SSSR count). The van der Waals surface area contributed by atoms with Gasteiger partial charge in [-0.15, -0.1) is 0 Å². The summed E-state index contributed by atoms with van der Waals surface area (Å²) in [4.78, 5) is 30.4. The highest BCUT2D eigenvalue weighted by atomic mass is 16.2. The number of nitrogens with one attached hydrogen (secondary N) is 2. The smallest absolute Gasteiger partial charge is 0.245 e. The van der Waals surface area contributed by atoms with Gasteiger partial charge in [0.2, 0.25) is 11.8 Å². The monoisotopic (exact) mass is 414 g/mol. The molecule has 2 heterocycles. The second kappa shape index (κ2) is 10.4. The topological polar surface area (TPSA) is 64.7 Å². The molecule has 0 saturated carbocycles. The Morgan fingerprint density at radius 2 is 1.80 bits per heavy atom. The van der Waals surface area contributed by atoms with Gasteiger partial charge >= 0.3 is 0 Å². The molecule has 166 valence electrons. The van der Waals surface area contributed by atoms with Crippen molar-refractivity contribution in [3.05, 3.63) is 35.9 Å². The summed E-state index contributed by atoms with van der Waals surface area (Å²) in [6, 6.07) is 10.1. The van der Waals surface area contributed by atoms with Crippen LogP contribution in [-0.4, -0.2) is 73.0 Å². The molecular formula is C24H38N4O2. The van der Waals surface area contributed by atoms with Gasteiger partial charge in [0, 0.05) is 25.7 Å². The largest absolute Gasteiger partial charge is 0.343 e. The Balaban J connectivity index is 1.62. The summed E-state index contributed by atoms with van der Waals surface area (Å²) >= 11 is 0. The SMILES string of the molecule is CN[C@@H](C)C(=O)N[C@H](C(=O)N1CCC2CCN(CCc3ccccc3)CC21)C(C)C. The van der Waals surface area contributed by atoms with Gasteiger partial charge in [0.25, 0.3) is 0 Å². The Morgan fingerprint density at radius 3 is 2.47 bits per heavy atom. The molecule has 2 amide bonds. The zero-order chi connectivity index (χ0) is 21.7. The van der Waals surface area contributed by atoms with Crippen molar-refractivity contribution in [1.82, 2.24) is 20.4 Å². The first-order valence-corrected chi connectivity index (χ1v) is 11.4. The molecule has 0 aromatic heterocycles. The molecule has 30 heavy (non-hydrogen) atoms. The first-order chi connectivity index (χ1) is 14.4. The molecule has 0 spiro atoms. The average molecular weight is 415 g/mol. The quantitative estimate of drug-likeness (QED) is 0.682. The summed E-state index contributed by atoms with van der Waals surface area (Å²) in [7, 11) is 1.76. The molecule has 2 N–H and O–H groups in total. The van der Waals surface area contributed by atoms with E-state index < -0.39 is 6.04 Å². The summed E-state index contributed by atoms with van der Waals surface area (Å²) in [6.45, 7) is 9.71. The van der Waals surface area contributed by atoms with E-state index in [9.17, 15) is 9.59 Å². The molecule has 2 unspecified atom stereocenters. The van der Waals surface area contributed by atoms with Crippen LogP contribution in [0.15, 0.2) is 30.3 Å². The third kappa shape index (κ3) is 5.41. The number of nitrogens with zero attached hydrogens (tertiary/aromatic N) is 2. The van der Waals surface area contributed by atoms with Crippen LogP contribution < -0.4 is 10.6 Å². The normalized spacial score (nSPS) is 23.8. The van der Waals surface area contributed by atoms with Crippen molar-refractivity contribution in [3.63, 3.8) is 0 Å². The summed E-state index contributed by atoms with van der Waals surface area (Å²) in [5.41, 5.74) is 1.36. The van der Waals surface area contributed by atoms with E-state index in [1.165, 1.54) is 5.56 Å². The third-order valence-corrected chi connectivity index (χ3v) is 6.85. The van der Waals surface area contributed by atoms with E-state index in [0.717, 1.165) is 45.4 Å². The Kier molecular flexibility index (Phi) is 7.89. The van der Waals surface area contributed by atoms with Crippen LogP contribution in [0.5, 0.6) is 0 Å². The first-order valence-electron chi connectivity index (χ1n) is 11.4. The molecule has 2 saturated heterocycles.